The van der Waals surface area contributed by atoms with Crippen molar-refractivity contribution in [2.45, 2.75) is 23.9 Å². The molecule has 0 saturated carbocycles. The van der Waals surface area contributed by atoms with Crippen LogP contribution in [0.1, 0.15) is 6.92 Å². The van der Waals surface area contributed by atoms with Crippen LogP contribution in [0.3, 0.4) is 0 Å². The van der Waals surface area contributed by atoms with E-state index in [4.69, 9.17) is 11.6 Å². The molecule has 0 saturated heterocycles. The maximum absolute atomic E-state index is 12.9. The summed E-state index contributed by atoms with van der Waals surface area (Å²) >= 11 is 7.39. The number of hydrogen-bond donors (Lipinski definition) is 1. The topological polar surface area (TPSA) is 81.3 Å². The molecule has 0 bridgehead atoms. The van der Waals surface area contributed by atoms with E-state index in [1.807, 2.05) is 18.2 Å². The summed E-state index contributed by atoms with van der Waals surface area (Å²) < 4.78 is 3.31. The van der Waals surface area contributed by atoms with Gasteiger partial charge in [0.2, 0.25) is 11.7 Å². The van der Waals surface area contributed by atoms with Gasteiger partial charge < -0.3 is 5.32 Å². The van der Waals surface area contributed by atoms with Crippen LogP contribution in [0.2, 0.25) is 5.02 Å². The van der Waals surface area contributed by atoms with Crippen LogP contribution in [0.5, 0.6) is 0 Å². The summed E-state index contributed by atoms with van der Waals surface area (Å²) in [6.45, 7) is 5.80. The first-order valence-electron chi connectivity index (χ1n) is 9.21. The minimum absolute atomic E-state index is 0.161. The molecule has 1 amide bonds. The Bertz CT molecular complexity index is 1330. The number of hydrogen-bond acceptors (Lipinski definition) is 5. The average Bonchev–Trinajstić information content (AvgIpc) is 3.16. The van der Waals surface area contributed by atoms with Crippen molar-refractivity contribution in [1.29, 1.82) is 0 Å². The molecule has 1 N–H and O–H groups in total. The Labute approximate surface area is 181 Å². The lowest BCUT2D eigenvalue weighted by Gasteiger charge is -2.13. The lowest BCUT2D eigenvalue weighted by molar-refractivity contribution is -0.115. The smallest absolute Gasteiger partial charge is 0.263 e. The van der Waals surface area contributed by atoms with Gasteiger partial charge in [0.15, 0.2) is 5.16 Å². The van der Waals surface area contributed by atoms with Crippen molar-refractivity contribution in [3.8, 4) is 0 Å². The summed E-state index contributed by atoms with van der Waals surface area (Å²) in [5.74, 6) is 0.188. The Morgan fingerprint density at radius 3 is 2.73 bits per heavy atom. The highest BCUT2D eigenvalue weighted by atomic mass is 35.5. The number of anilines is 1. The fourth-order valence-corrected chi connectivity index (χ4v) is 4.15. The highest BCUT2D eigenvalue weighted by molar-refractivity contribution is 8.00. The normalized spacial score (nSPS) is 12.2. The molecule has 0 aliphatic heterocycles. The first-order valence-corrected chi connectivity index (χ1v) is 10.5. The second-order valence-corrected chi connectivity index (χ2v) is 8.28. The fraction of sp³-hybridized carbons (Fsp3) is 0.143. The molecule has 0 radical (unpaired) electrons. The average molecular weight is 440 g/mol. The van der Waals surface area contributed by atoms with Crippen LogP contribution >= 0.6 is 23.4 Å². The molecule has 7 nitrogen and oxygen atoms in total. The minimum atomic E-state index is -0.479. The molecule has 2 aromatic heterocycles. The molecule has 9 heteroatoms. The van der Waals surface area contributed by atoms with Gasteiger partial charge in [0.05, 0.1) is 26.9 Å². The molecule has 1 unspecified atom stereocenters. The number of allylic oxidation sites excluding steroid dienone is 1. The molecule has 0 spiro atoms. The fourth-order valence-electron chi connectivity index (χ4n) is 3.11. The van der Waals surface area contributed by atoms with Crippen molar-refractivity contribution in [1.82, 2.24) is 19.2 Å². The van der Waals surface area contributed by atoms with Crippen LogP contribution in [0.15, 0.2) is 71.1 Å². The maximum atomic E-state index is 12.9. The van der Waals surface area contributed by atoms with Crippen molar-refractivity contribution in [3.05, 3.63) is 76.6 Å². The van der Waals surface area contributed by atoms with E-state index in [1.54, 1.807) is 47.7 Å². The van der Waals surface area contributed by atoms with Gasteiger partial charge in [-0.25, -0.2) is 0 Å². The van der Waals surface area contributed by atoms with Gasteiger partial charge in [-0.1, -0.05) is 53.7 Å². The van der Waals surface area contributed by atoms with E-state index in [0.717, 1.165) is 0 Å². The van der Waals surface area contributed by atoms with Crippen molar-refractivity contribution < 1.29 is 4.79 Å². The first-order chi connectivity index (χ1) is 14.5. The van der Waals surface area contributed by atoms with E-state index in [0.29, 0.717) is 39.1 Å². The number of carbonyl (C=O) groups excluding carboxylic acids is 1. The number of nitrogens with zero attached hydrogens (tertiary/aromatic N) is 4. The zero-order valence-corrected chi connectivity index (χ0v) is 17.7. The molecule has 1 atom stereocenters. The summed E-state index contributed by atoms with van der Waals surface area (Å²) in [5.41, 5.74) is 1.07. The summed E-state index contributed by atoms with van der Waals surface area (Å²) in [5, 5.41) is 12.3. The molecule has 30 heavy (non-hydrogen) atoms. The first kappa shape index (κ1) is 20.2. The molecule has 2 heterocycles. The van der Waals surface area contributed by atoms with Crippen LogP contribution in [0.25, 0.3) is 16.7 Å². The number of benzene rings is 2. The number of rotatable bonds is 6. The number of amides is 1. The summed E-state index contributed by atoms with van der Waals surface area (Å²) in [7, 11) is 0. The Kier molecular flexibility index (Phi) is 5.61. The Balaban J connectivity index is 1.73. The maximum Gasteiger partial charge on any atom is 0.263 e. The highest BCUT2D eigenvalue weighted by Gasteiger charge is 2.21. The van der Waals surface area contributed by atoms with Crippen molar-refractivity contribution in [2.24, 2.45) is 0 Å². The number of para-hydroxylation sites is 2. The van der Waals surface area contributed by atoms with Gasteiger partial charge in [-0.2, -0.15) is 0 Å². The number of fused-ring (bicyclic) bond motifs is 3. The largest absolute Gasteiger partial charge is 0.324 e. The molecule has 4 rings (SSSR count). The van der Waals surface area contributed by atoms with Crippen LogP contribution in [-0.2, 0) is 11.3 Å². The third kappa shape index (κ3) is 3.59. The van der Waals surface area contributed by atoms with Crippen LogP contribution in [0.4, 0.5) is 5.69 Å². The van der Waals surface area contributed by atoms with E-state index in [-0.39, 0.29) is 11.5 Å². The van der Waals surface area contributed by atoms with Crippen LogP contribution in [-0.4, -0.2) is 30.3 Å². The number of halogens is 1. The van der Waals surface area contributed by atoms with Gasteiger partial charge in [-0.3, -0.25) is 18.6 Å². The predicted molar refractivity (Wildman–Crippen MR) is 120 cm³/mol. The molecular formula is C21H18ClN5O2S. The lowest BCUT2D eigenvalue weighted by atomic mass is 10.2. The molecular weight excluding hydrogens is 422 g/mol. The standard InChI is InChI=1S/C21H18ClN5O2S/c1-3-12-26-19(29)14-8-4-7-11-17(14)27-20(26)24-25-21(27)30-13(2)18(28)23-16-10-6-5-9-15(16)22/h3-11,13H,1,12H2,2H3,(H,23,28). The monoisotopic (exact) mass is 439 g/mol. The molecule has 0 aliphatic carbocycles. The number of nitrogens with one attached hydrogen (secondary N) is 1. The zero-order valence-electron chi connectivity index (χ0n) is 16.1. The van der Waals surface area contributed by atoms with E-state index in [1.165, 1.54) is 16.3 Å². The van der Waals surface area contributed by atoms with Gasteiger partial charge in [-0.15, -0.1) is 16.8 Å². The molecule has 0 aliphatic rings. The summed E-state index contributed by atoms with van der Waals surface area (Å²) in [4.78, 5) is 25.6. The van der Waals surface area contributed by atoms with Gasteiger partial charge in [0.1, 0.15) is 0 Å². The van der Waals surface area contributed by atoms with Gasteiger partial charge in [-0.05, 0) is 31.2 Å². The number of aromatic nitrogens is 4. The lowest BCUT2D eigenvalue weighted by Crippen LogP contribution is -2.24. The second-order valence-electron chi connectivity index (χ2n) is 6.57. The van der Waals surface area contributed by atoms with E-state index >= 15 is 0 Å². The molecule has 152 valence electrons. The highest BCUT2D eigenvalue weighted by Crippen LogP contribution is 2.27. The van der Waals surface area contributed by atoms with E-state index in [2.05, 4.69) is 22.1 Å². The third-order valence-corrected chi connectivity index (χ3v) is 5.95. The Morgan fingerprint density at radius 1 is 1.23 bits per heavy atom. The molecule has 0 fully saturated rings. The van der Waals surface area contributed by atoms with Gasteiger partial charge in [0, 0.05) is 6.54 Å². The Morgan fingerprint density at radius 2 is 1.97 bits per heavy atom. The predicted octanol–water partition coefficient (Wildman–Crippen LogP) is 4.00. The van der Waals surface area contributed by atoms with Crippen LogP contribution in [0, 0.1) is 0 Å². The molecule has 4 aromatic rings. The number of carbonyl (C=O) groups is 1. The van der Waals surface area contributed by atoms with Crippen molar-refractivity contribution in [3.63, 3.8) is 0 Å². The van der Waals surface area contributed by atoms with Crippen LogP contribution < -0.4 is 10.9 Å². The SMILES string of the molecule is C=CCn1c(=O)c2ccccc2n2c(SC(C)C(=O)Nc3ccccc3Cl)nnc12. The minimum Gasteiger partial charge on any atom is -0.324 e. The van der Waals surface area contributed by atoms with Gasteiger partial charge in [0.25, 0.3) is 5.56 Å². The van der Waals surface area contributed by atoms with E-state index in [9.17, 15) is 9.59 Å². The Hall–Kier alpha value is -3.10. The zero-order chi connectivity index (χ0) is 21.3. The summed E-state index contributed by atoms with van der Waals surface area (Å²) in [6, 6.07) is 14.3. The van der Waals surface area contributed by atoms with Crippen molar-refractivity contribution in [2.75, 3.05) is 5.32 Å². The quantitative estimate of drug-likeness (QED) is 0.362. The third-order valence-electron chi connectivity index (χ3n) is 4.57. The van der Waals surface area contributed by atoms with Crippen molar-refractivity contribution >= 4 is 51.6 Å². The number of thioether (sulfide) groups is 1. The van der Waals surface area contributed by atoms with Gasteiger partial charge >= 0.3 is 0 Å². The summed E-state index contributed by atoms with van der Waals surface area (Å²) in [6.07, 6.45) is 1.64. The molecule has 2 aromatic carbocycles. The second kappa shape index (κ2) is 8.33. The van der Waals surface area contributed by atoms with E-state index < -0.39 is 5.25 Å².